The third-order valence-electron chi connectivity index (χ3n) is 4.35. The van der Waals surface area contributed by atoms with Crippen LogP contribution in [-0.2, 0) is 15.4 Å². The molecule has 5 nitrogen and oxygen atoms in total. The minimum Gasteiger partial charge on any atom is -0.325 e. The standard InChI is InChI=1S/C19H24N2O3S/c1-18(2,3)15-8-11-7-12-9-16(19(4,5)6)21-25(23,24)14(12)10-13(11)17(22)20-15/h7-10H,1-6H3,(H,20,22)(H,21,23,24). The fraction of sp³-hybridized carbons (Fsp3) is 0.421. The molecular formula is C19H24N2O3S. The second kappa shape index (κ2) is 5.29. The number of nitrogens with one attached hydrogen (secondary N) is 1. The van der Waals surface area contributed by atoms with Crippen molar-refractivity contribution in [1.29, 1.82) is 0 Å². The lowest BCUT2D eigenvalue weighted by atomic mass is 9.89. The summed E-state index contributed by atoms with van der Waals surface area (Å²) in [5, 5.41) is 1.16. The van der Waals surface area contributed by atoms with Crippen LogP contribution in [0.5, 0.6) is 0 Å². The number of hydrogen-bond acceptors (Lipinski definition) is 3. The lowest BCUT2D eigenvalue weighted by Gasteiger charge is -2.24. The second-order valence-corrected chi connectivity index (χ2v) is 10.2. The lowest BCUT2D eigenvalue weighted by Crippen LogP contribution is -2.20. The summed E-state index contributed by atoms with van der Waals surface area (Å²) in [6.45, 7) is 11.9. The molecule has 0 aliphatic carbocycles. The third kappa shape index (κ3) is 3.16. The summed E-state index contributed by atoms with van der Waals surface area (Å²) in [5.74, 6) is 0. The number of fused-ring (bicyclic) bond motifs is 2. The van der Waals surface area contributed by atoms with Crippen molar-refractivity contribution in [2.45, 2.75) is 51.9 Å². The van der Waals surface area contributed by atoms with E-state index < -0.39 is 10.0 Å². The van der Waals surface area contributed by atoms with E-state index in [1.807, 2.05) is 59.8 Å². The first-order valence-corrected chi connectivity index (χ1v) is 9.69. The largest absolute Gasteiger partial charge is 0.325 e. The Bertz CT molecular complexity index is 1090. The van der Waals surface area contributed by atoms with Crippen LogP contribution in [0.1, 0.15) is 52.8 Å². The summed E-state index contributed by atoms with van der Waals surface area (Å²) in [4.78, 5) is 15.6. The highest BCUT2D eigenvalue weighted by atomic mass is 32.2. The first-order valence-electron chi connectivity index (χ1n) is 8.22. The molecule has 0 saturated carbocycles. The molecule has 1 aromatic carbocycles. The molecule has 3 rings (SSSR count). The summed E-state index contributed by atoms with van der Waals surface area (Å²) < 4.78 is 27.2. The third-order valence-corrected chi connectivity index (χ3v) is 5.72. The molecule has 134 valence electrons. The number of aromatic nitrogens is 1. The van der Waals surface area contributed by atoms with E-state index in [4.69, 9.17) is 0 Å². The van der Waals surface area contributed by atoms with Gasteiger partial charge < -0.3 is 4.98 Å². The Balaban J connectivity index is 2.38. The van der Waals surface area contributed by atoms with Gasteiger partial charge in [-0.3, -0.25) is 9.35 Å². The highest BCUT2D eigenvalue weighted by Gasteiger charge is 2.27. The lowest BCUT2D eigenvalue weighted by molar-refractivity contribution is 0.493. The molecule has 0 saturated heterocycles. The highest BCUT2D eigenvalue weighted by molar-refractivity contribution is 7.88. The Kier molecular flexibility index (Phi) is 3.78. The van der Waals surface area contributed by atoms with E-state index in [0.717, 1.165) is 11.1 Å². The van der Waals surface area contributed by atoms with Crippen molar-refractivity contribution >= 4 is 26.9 Å². The molecule has 6 heteroatoms. The average molecular weight is 360 g/mol. The zero-order valence-corrected chi connectivity index (χ0v) is 16.2. The van der Waals surface area contributed by atoms with Gasteiger partial charge in [0.25, 0.3) is 5.56 Å². The normalized spacial score (nSPS) is 20.8. The van der Waals surface area contributed by atoms with Crippen LogP contribution in [0.3, 0.4) is 0 Å². The monoisotopic (exact) mass is 360 g/mol. The molecule has 1 aliphatic rings. The van der Waals surface area contributed by atoms with E-state index in [9.17, 15) is 13.6 Å². The number of rotatable bonds is 0. The van der Waals surface area contributed by atoms with Gasteiger partial charge in [-0.2, -0.15) is 4.36 Å². The van der Waals surface area contributed by atoms with Crippen LogP contribution in [0.2, 0.25) is 0 Å². The van der Waals surface area contributed by atoms with Crippen molar-refractivity contribution in [3.8, 4) is 0 Å². The molecule has 25 heavy (non-hydrogen) atoms. The minimum absolute atomic E-state index is 0.196. The van der Waals surface area contributed by atoms with E-state index in [0.29, 0.717) is 16.6 Å². The van der Waals surface area contributed by atoms with Gasteiger partial charge in [-0.05, 0) is 35.2 Å². The van der Waals surface area contributed by atoms with Crippen LogP contribution in [0.25, 0.3) is 16.8 Å². The van der Waals surface area contributed by atoms with Crippen molar-refractivity contribution < 1.29 is 8.76 Å². The molecular weight excluding hydrogens is 336 g/mol. The summed E-state index contributed by atoms with van der Waals surface area (Å²) >= 11 is 0. The number of hydrogen-bond donors (Lipinski definition) is 2. The zero-order chi connectivity index (χ0) is 18.8. The molecule has 0 fully saturated rings. The molecule has 1 aromatic heterocycles. The predicted octanol–water partition coefficient (Wildman–Crippen LogP) is 4.53. The van der Waals surface area contributed by atoms with Gasteiger partial charge in [0.15, 0.2) is 10.0 Å². The van der Waals surface area contributed by atoms with Crippen LogP contribution in [0.15, 0.2) is 37.9 Å². The molecule has 2 aromatic rings. The number of H-pyrrole nitrogens is 1. The maximum absolute atomic E-state index is 12.7. The van der Waals surface area contributed by atoms with Crippen LogP contribution in [-0.4, -0.2) is 13.7 Å². The number of aromatic amines is 1. The van der Waals surface area contributed by atoms with Crippen LogP contribution < -0.4 is 5.56 Å². The topological polar surface area (TPSA) is 82.5 Å². The predicted molar refractivity (Wildman–Crippen MR) is 102 cm³/mol. The second-order valence-electron chi connectivity index (χ2n) is 8.61. The Morgan fingerprint density at radius 3 is 2.24 bits per heavy atom. The van der Waals surface area contributed by atoms with Crippen molar-refractivity contribution in [2.75, 3.05) is 0 Å². The number of benzene rings is 1. The van der Waals surface area contributed by atoms with Crippen molar-refractivity contribution in [2.24, 2.45) is 9.78 Å². The van der Waals surface area contributed by atoms with E-state index >= 15 is 0 Å². The maximum Gasteiger partial charge on any atom is 0.256 e. The molecule has 0 amide bonds. The van der Waals surface area contributed by atoms with Crippen LogP contribution >= 0.6 is 0 Å². The molecule has 1 atom stereocenters. The minimum atomic E-state index is -3.57. The molecule has 1 aliphatic heterocycles. The summed E-state index contributed by atoms with van der Waals surface area (Å²) in [6.07, 6.45) is 1.84. The maximum atomic E-state index is 12.7. The Morgan fingerprint density at radius 2 is 1.68 bits per heavy atom. The van der Waals surface area contributed by atoms with Gasteiger partial charge in [0.1, 0.15) is 0 Å². The molecule has 2 heterocycles. The average Bonchev–Trinajstić information content (AvgIpc) is 2.43. The van der Waals surface area contributed by atoms with E-state index in [1.54, 1.807) is 0 Å². The van der Waals surface area contributed by atoms with E-state index in [2.05, 4.69) is 9.35 Å². The first kappa shape index (κ1) is 17.9. The molecule has 0 radical (unpaired) electrons. The fourth-order valence-corrected chi connectivity index (χ4v) is 4.16. The Morgan fingerprint density at radius 1 is 1.04 bits per heavy atom. The number of nitrogens with zero attached hydrogens (tertiary/aromatic N) is 1. The van der Waals surface area contributed by atoms with Crippen molar-refractivity contribution in [3.63, 3.8) is 0 Å². The van der Waals surface area contributed by atoms with Gasteiger partial charge in [0.2, 0.25) is 0 Å². The van der Waals surface area contributed by atoms with Gasteiger partial charge in [-0.15, -0.1) is 0 Å². The Labute approximate surface area is 148 Å². The van der Waals surface area contributed by atoms with Gasteiger partial charge in [0.05, 0.1) is 10.6 Å². The van der Waals surface area contributed by atoms with Crippen LogP contribution in [0, 0.1) is 5.41 Å². The Hall–Kier alpha value is -1.92. The smallest absolute Gasteiger partial charge is 0.256 e. The van der Waals surface area contributed by atoms with Gasteiger partial charge in [-0.25, -0.2) is 4.21 Å². The summed E-state index contributed by atoms with van der Waals surface area (Å²) in [6, 6.07) is 5.25. The van der Waals surface area contributed by atoms with Gasteiger partial charge >= 0.3 is 0 Å². The molecule has 0 spiro atoms. The summed E-state index contributed by atoms with van der Waals surface area (Å²) in [7, 11) is -3.57. The SMILES string of the molecule is CC(C)(C)C1=Cc2cc3cc(C(C)(C)C)[nH]c(=O)c3cc2S(=O)(O)=N1. The van der Waals surface area contributed by atoms with E-state index in [-0.39, 0.29) is 21.3 Å². The quantitative estimate of drug-likeness (QED) is 0.724. The van der Waals surface area contributed by atoms with Crippen molar-refractivity contribution in [1.82, 2.24) is 4.98 Å². The number of allylic oxidation sites excluding steroid dienone is 1. The molecule has 1 unspecified atom stereocenters. The number of pyridine rings is 1. The van der Waals surface area contributed by atoms with Gasteiger partial charge in [-0.1, -0.05) is 41.5 Å². The molecule has 0 bridgehead atoms. The van der Waals surface area contributed by atoms with Crippen LogP contribution in [0.4, 0.5) is 0 Å². The zero-order valence-electron chi connectivity index (χ0n) is 15.4. The van der Waals surface area contributed by atoms with E-state index in [1.165, 1.54) is 6.07 Å². The summed E-state index contributed by atoms with van der Waals surface area (Å²) in [5.41, 5.74) is 1.25. The van der Waals surface area contributed by atoms with Crippen molar-refractivity contribution in [3.05, 3.63) is 45.5 Å². The first-order chi connectivity index (χ1) is 11.3. The van der Waals surface area contributed by atoms with Gasteiger partial charge in [0, 0.05) is 21.9 Å². The fourth-order valence-electron chi connectivity index (χ4n) is 2.77. The highest BCUT2D eigenvalue weighted by Crippen LogP contribution is 2.37. The molecule has 2 N–H and O–H groups in total.